The largest absolute Gasteiger partial charge is 0.481 e. The summed E-state index contributed by atoms with van der Waals surface area (Å²) in [5.41, 5.74) is -0.220. The van der Waals surface area contributed by atoms with Crippen LogP contribution in [0.3, 0.4) is 0 Å². The highest BCUT2D eigenvalue weighted by Crippen LogP contribution is 2.34. The van der Waals surface area contributed by atoms with Crippen LogP contribution < -0.4 is 10.6 Å². The molecule has 0 aromatic heterocycles. The van der Waals surface area contributed by atoms with Crippen LogP contribution in [0.5, 0.6) is 0 Å². The molecule has 0 heterocycles. The van der Waals surface area contributed by atoms with Crippen LogP contribution in [-0.4, -0.2) is 93.6 Å². The van der Waals surface area contributed by atoms with Gasteiger partial charge in [0.15, 0.2) is 0 Å². The number of ether oxygens (including phenoxy) is 2. The van der Waals surface area contributed by atoms with E-state index in [4.69, 9.17) is 9.47 Å². The zero-order chi connectivity index (χ0) is 34.3. The molecule has 0 saturated heterocycles. The Morgan fingerprint density at radius 1 is 0.681 bits per heavy atom. The molecule has 2 amide bonds. The minimum atomic E-state index is -1.16. The van der Waals surface area contributed by atoms with Crippen molar-refractivity contribution in [1.29, 1.82) is 0 Å². The Bertz CT molecular complexity index is 1120. The fourth-order valence-electron chi connectivity index (χ4n) is 7.75. The Labute approximate surface area is 275 Å². The molecule has 0 aromatic carbocycles. The number of aliphatic hydroxyl groups excluding tert-OH is 1. The van der Waals surface area contributed by atoms with Crippen molar-refractivity contribution < 1.29 is 48.9 Å². The van der Waals surface area contributed by atoms with Gasteiger partial charge in [-0.15, -0.1) is 0 Å². The van der Waals surface area contributed by atoms with Gasteiger partial charge in [0, 0.05) is 35.3 Å². The van der Waals surface area contributed by atoms with Gasteiger partial charge in [-0.1, -0.05) is 13.8 Å². The van der Waals surface area contributed by atoms with E-state index in [9.17, 15) is 44.6 Å². The van der Waals surface area contributed by atoms with Crippen molar-refractivity contribution in [2.75, 3.05) is 13.2 Å². The Balaban J connectivity index is 1.11. The zero-order valence-corrected chi connectivity index (χ0v) is 27.6. The topological polar surface area (TPSA) is 215 Å². The van der Waals surface area contributed by atoms with Gasteiger partial charge in [-0.2, -0.15) is 0 Å². The number of rotatable bonds is 13. The first-order valence-corrected chi connectivity index (χ1v) is 17.3. The van der Waals surface area contributed by atoms with Gasteiger partial charge in [0.25, 0.3) is 0 Å². The second-order valence-electron chi connectivity index (χ2n) is 15.1. The van der Waals surface area contributed by atoms with Crippen LogP contribution in [0.4, 0.5) is 0 Å². The average molecular weight is 668 g/mol. The highest BCUT2D eigenvalue weighted by molar-refractivity contribution is 5.85. The van der Waals surface area contributed by atoms with E-state index in [2.05, 4.69) is 24.5 Å². The normalized spacial score (nSPS) is 35.0. The first kappa shape index (κ1) is 37.0. The van der Waals surface area contributed by atoms with Crippen molar-refractivity contribution >= 4 is 23.8 Å². The minimum Gasteiger partial charge on any atom is -0.481 e. The van der Waals surface area contributed by atoms with Crippen LogP contribution in [0.15, 0.2) is 0 Å². The van der Waals surface area contributed by atoms with Gasteiger partial charge < -0.3 is 35.4 Å². The second-order valence-corrected chi connectivity index (χ2v) is 15.1. The maximum absolute atomic E-state index is 12.9. The lowest BCUT2D eigenvalue weighted by Gasteiger charge is -2.36. The summed E-state index contributed by atoms with van der Waals surface area (Å²) in [7, 11) is 0. The SMILES string of the molecule is CC(C)(COC1CCC(NC(=O)C2CCC(O)CC2C(=O)O)CC1)COC1CCC(NC(=O)C2CCC([N+](=O)[O-])CC2C(=O)O)CC1. The lowest BCUT2D eigenvalue weighted by atomic mass is 9.76. The van der Waals surface area contributed by atoms with E-state index in [1.54, 1.807) is 0 Å². The molecule has 0 radical (unpaired) electrons. The van der Waals surface area contributed by atoms with Crippen LogP contribution in [0.1, 0.15) is 104 Å². The summed E-state index contributed by atoms with van der Waals surface area (Å²) >= 11 is 0. The molecule has 0 bridgehead atoms. The molecule has 0 aliphatic heterocycles. The number of carbonyl (C=O) groups excluding carboxylic acids is 2. The van der Waals surface area contributed by atoms with Crippen LogP contribution in [0.2, 0.25) is 0 Å². The number of carboxylic acids is 2. The molecule has 266 valence electrons. The lowest BCUT2D eigenvalue weighted by molar-refractivity contribution is -0.528. The fourth-order valence-corrected chi connectivity index (χ4v) is 7.75. The van der Waals surface area contributed by atoms with Gasteiger partial charge in [0.1, 0.15) is 0 Å². The van der Waals surface area contributed by atoms with Gasteiger partial charge in [-0.25, -0.2) is 0 Å². The first-order chi connectivity index (χ1) is 22.2. The Hall–Kier alpha value is -2.84. The van der Waals surface area contributed by atoms with E-state index in [1.807, 2.05) is 0 Å². The van der Waals surface area contributed by atoms with E-state index >= 15 is 0 Å². The molecule has 14 nitrogen and oxygen atoms in total. The molecule has 4 rings (SSSR count). The molecular weight excluding hydrogens is 614 g/mol. The fraction of sp³-hybridized carbons (Fsp3) is 0.879. The average Bonchev–Trinajstić information content (AvgIpc) is 3.03. The maximum Gasteiger partial charge on any atom is 0.307 e. The van der Waals surface area contributed by atoms with E-state index in [0.717, 1.165) is 51.4 Å². The smallest absolute Gasteiger partial charge is 0.307 e. The third-order valence-electron chi connectivity index (χ3n) is 10.7. The highest BCUT2D eigenvalue weighted by atomic mass is 16.6. The number of aliphatic hydroxyl groups is 1. The summed E-state index contributed by atoms with van der Waals surface area (Å²) in [5.74, 6) is -6.01. The summed E-state index contributed by atoms with van der Waals surface area (Å²) in [5, 5.41) is 46.1. The molecule has 14 heteroatoms. The number of aliphatic carboxylic acids is 2. The Morgan fingerprint density at radius 3 is 1.53 bits per heavy atom. The minimum absolute atomic E-state index is 0.0119. The van der Waals surface area contributed by atoms with E-state index in [0.29, 0.717) is 26.1 Å². The third kappa shape index (κ3) is 10.6. The monoisotopic (exact) mass is 667 g/mol. The molecule has 4 saturated carbocycles. The zero-order valence-electron chi connectivity index (χ0n) is 27.6. The van der Waals surface area contributed by atoms with Gasteiger partial charge >= 0.3 is 11.9 Å². The van der Waals surface area contributed by atoms with Crippen LogP contribution in [0, 0.1) is 39.2 Å². The predicted molar refractivity (Wildman–Crippen MR) is 168 cm³/mol. The second kappa shape index (κ2) is 16.5. The van der Waals surface area contributed by atoms with Gasteiger partial charge in [0.2, 0.25) is 17.9 Å². The number of hydrogen-bond acceptors (Lipinski definition) is 9. The number of carboxylic acid groups (broad SMARTS) is 2. The van der Waals surface area contributed by atoms with Crippen molar-refractivity contribution in [3.63, 3.8) is 0 Å². The van der Waals surface area contributed by atoms with Crippen molar-refractivity contribution in [1.82, 2.24) is 10.6 Å². The molecule has 47 heavy (non-hydrogen) atoms. The van der Waals surface area contributed by atoms with Crippen molar-refractivity contribution in [2.45, 2.75) is 140 Å². The molecule has 0 aromatic rings. The van der Waals surface area contributed by atoms with Gasteiger partial charge in [-0.3, -0.25) is 29.3 Å². The number of nitrogens with zero attached hydrogens (tertiary/aromatic N) is 1. The summed E-state index contributed by atoms with van der Waals surface area (Å²) in [6, 6.07) is -1.01. The van der Waals surface area contributed by atoms with Crippen LogP contribution in [0.25, 0.3) is 0 Å². The van der Waals surface area contributed by atoms with Crippen molar-refractivity contribution in [3.05, 3.63) is 10.1 Å². The predicted octanol–water partition coefficient (Wildman–Crippen LogP) is 2.91. The summed E-state index contributed by atoms with van der Waals surface area (Å²) in [4.78, 5) is 59.9. The van der Waals surface area contributed by atoms with Crippen LogP contribution >= 0.6 is 0 Å². The van der Waals surface area contributed by atoms with Crippen molar-refractivity contribution in [3.8, 4) is 0 Å². The molecular formula is C33H53N3O11. The van der Waals surface area contributed by atoms with E-state index in [-0.39, 0.29) is 67.2 Å². The number of nitrogens with one attached hydrogen (secondary N) is 2. The quantitative estimate of drug-likeness (QED) is 0.142. The van der Waals surface area contributed by atoms with Crippen LogP contribution in [-0.2, 0) is 28.7 Å². The number of carbonyl (C=O) groups is 4. The summed E-state index contributed by atoms with van der Waals surface area (Å²) in [6.07, 6.45) is 6.76. The van der Waals surface area contributed by atoms with Gasteiger partial charge in [0.05, 0.1) is 55.2 Å². The molecule has 0 spiro atoms. The van der Waals surface area contributed by atoms with E-state index < -0.39 is 52.7 Å². The molecule has 4 aliphatic carbocycles. The molecule has 5 N–H and O–H groups in total. The third-order valence-corrected chi connectivity index (χ3v) is 10.7. The molecule has 6 atom stereocenters. The number of amides is 2. The van der Waals surface area contributed by atoms with Gasteiger partial charge in [-0.05, 0) is 77.0 Å². The van der Waals surface area contributed by atoms with Crippen molar-refractivity contribution in [2.24, 2.45) is 29.1 Å². The molecule has 6 unspecified atom stereocenters. The molecule has 4 fully saturated rings. The Kier molecular flexibility index (Phi) is 13.0. The highest BCUT2D eigenvalue weighted by Gasteiger charge is 2.44. The lowest BCUT2D eigenvalue weighted by Crippen LogP contribution is -2.48. The maximum atomic E-state index is 12.9. The number of hydrogen-bond donors (Lipinski definition) is 5. The summed E-state index contributed by atoms with van der Waals surface area (Å²) < 4.78 is 12.5. The standard InChI is InChI=1S/C33H53N3O11/c1-33(2,18-47-24-11-5-20(6-12-24)35-30(39)26-14-8-22(37)16-28(26)32(42)43)17-46-23-9-3-19(4-10-23)34-29(38)25-13-7-21(36(44)45)15-27(25)31(40)41/h19-28,37H,3-18H2,1-2H3,(H,34,38)(H,35,39)(H,40,41)(H,42,43). The first-order valence-electron chi connectivity index (χ1n) is 17.3. The Morgan fingerprint density at radius 2 is 1.11 bits per heavy atom. The summed E-state index contributed by atoms with van der Waals surface area (Å²) in [6.45, 7) is 5.23. The number of nitro groups is 1. The molecule has 4 aliphatic rings. The van der Waals surface area contributed by atoms with E-state index in [1.165, 1.54) is 0 Å².